The van der Waals surface area contributed by atoms with E-state index in [0.717, 1.165) is 11.3 Å². The third-order valence-electron chi connectivity index (χ3n) is 3.90. The maximum absolute atomic E-state index is 5.93. The van der Waals surface area contributed by atoms with Gasteiger partial charge in [0.1, 0.15) is 12.4 Å². The second-order valence-corrected chi connectivity index (χ2v) is 5.33. The van der Waals surface area contributed by atoms with Crippen molar-refractivity contribution in [1.82, 2.24) is 0 Å². The molecule has 3 nitrogen and oxygen atoms in total. The molecule has 0 spiro atoms. The Morgan fingerprint density at radius 2 is 1.95 bits per heavy atom. The molecule has 2 N–H and O–H groups in total. The van der Waals surface area contributed by atoms with Crippen LogP contribution in [0.2, 0.25) is 0 Å². The molecule has 3 heteroatoms. The number of nitrogens with two attached hydrogens (primary N) is 1. The third-order valence-corrected chi connectivity index (χ3v) is 3.90. The monoisotopic (exact) mass is 263 g/mol. The van der Waals surface area contributed by atoms with Crippen LogP contribution < -0.4 is 10.5 Å². The molecule has 0 saturated heterocycles. The number of ether oxygens (including phenoxy) is 2. The summed E-state index contributed by atoms with van der Waals surface area (Å²) in [6.07, 6.45) is 5.55. The smallest absolute Gasteiger partial charge is 0.123 e. The first-order valence-corrected chi connectivity index (χ1v) is 7.33. The predicted octanol–water partition coefficient (Wildman–Crippen LogP) is 3.12. The maximum Gasteiger partial charge on any atom is 0.123 e. The molecule has 1 aromatic carbocycles. The molecule has 0 amide bonds. The van der Waals surface area contributed by atoms with Crippen LogP contribution in [0.25, 0.3) is 0 Å². The van der Waals surface area contributed by atoms with Gasteiger partial charge in [0.25, 0.3) is 0 Å². The molecular weight excluding hydrogens is 238 g/mol. The van der Waals surface area contributed by atoms with E-state index in [1.165, 1.54) is 25.7 Å². The molecule has 0 radical (unpaired) electrons. The molecule has 0 heterocycles. The molecule has 1 aliphatic rings. The normalized spacial score (nSPS) is 23.3. The maximum atomic E-state index is 5.93. The van der Waals surface area contributed by atoms with Crippen LogP contribution in [0.4, 0.5) is 0 Å². The van der Waals surface area contributed by atoms with Crippen molar-refractivity contribution in [3.05, 3.63) is 29.8 Å². The summed E-state index contributed by atoms with van der Waals surface area (Å²) < 4.78 is 11.7. The number of hydrogen-bond acceptors (Lipinski definition) is 3. The fourth-order valence-electron chi connectivity index (χ4n) is 2.69. The van der Waals surface area contributed by atoms with Gasteiger partial charge < -0.3 is 15.2 Å². The minimum absolute atomic E-state index is 0.419. The summed E-state index contributed by atoms with van der Waals surface area (Å²) in [4.78, 5) is 0. The van der Waals surface area contributed by atoms with Gasteiger partial charge in [0.15, 0.2) is 0 Å². The van der Waals surface area contributed by atoms with Gasteiger partial charge in [-0.15, -0.1) is 0 Å². The number of benzene rings is 1. The van der Waals surface area contributed by atoms with Crippen molar-refractivity contribution < 1.29 is 9.47 Å². The van der Waals surface area contributed by atoms with Gasteiger partial charge in [0.05, 0.1) is 12.7 Å². The quantitative estimate of drug-likeness (QED) is 0.802. The Balaban J connectivity index is 1.71. The molecule has 1 aliphatic carbocycles. The summed E-state index contributed by atoms with van der Waals surface area (Å²) >= 11 is 0. The fraction of sp³-hybridized carbons (Fsp3) is 0.625. The Bertz CT molecular complexity index is 381. The highest BCUT2D eigenvalue weighted by Gasteiger charge is 2.21. The molecular formula is C16H25NO2. The van der Waals surface area contributed by atoms with E-state index in [1.54, 1.807) is 0 Å². The van der Waals surface area contributed by atoms with E-state index < -0.39 is 0 Å². The Labute approximate surface area is 116 Å². The first-order chi connectivity index (χ1) is 9.31. The zero-order valence-corrected chi connectivity index (χ0v) is 11.8. The van der Waals surface area contributed by atoms with Crippen LogP contribution in [-0.4, -0.2) is 19.3 Å². The van der Waals surface area contributed by atoms with Crippen LogP contribution in [0.1, 0.15) is 38.2 Å². The lowest BCUT2D eigenvalue weighted by molar-refractivity contribution is -0.0166. The van der Waals surface area contributed by atoms with Crippen molar-refractivity contribution in [2.24, 2.45) is 11.7 Å². The Kier molecular flexibility index (Phi) is 5.67. The van der Waals surface area contributed by atoms with Crippen molar-refractivity contribution in [2.75, 3.05) is 13.2 Å². The molecule has 0 aliphatic heterocycles. The lowest BCUT2D eigenvalue weighted by Crippen LogP contribution is -2.27. The van der Waals surface area contributed by atoms with E-state index >= 15 is 0 Å². The Hall–Kier alpha value is -1.06. The van der Waals surface area contributed by atoms with Gasteiger partial charge in [0, 0.05) is 12.1 Å². The van der Waals surface area contributed by atoms with Gasteiger partial charge in [-0.05, 0) is 24.8 Å². The predicted molar refractivity (Wildman–Crippen MR) is 77.2 cm³/mol. The van der Waals surface area contributed by atoms with Gasteiger partial charge in [0.2, 0.25) is 0 Å². The van der Waals surface area contributed by atoms with Gasteiger partial charge in [-0.3, -0.25) is 0 Å². The first kappa shape index (κ1) is 14.4. The second-order valence-electron chi connectivity index (χ2n) is 5.33. The summed E-state index contributed by atoms with van der Waals surface area (Å²) in [5.74, 6) is 1.57. The lowest BCUT2D eigenvalue weighted by Gasteiger charge is -2.28. The average molecular weight is 263 g/mol. The number of rotatable bonds is 6. The standard InChI is InChI=1S/C16H25NO2/c1-13-6-2-4-8-15(13)18-10-11-19-16-9-5-3-7-14(16)12-17/h3,5,7,9,13,15H,2,4,6,8,10-12,17H2,1H3. The minimum Gasteiger partial charge on any atom is -0.491 e. The van der Waals surface area contributed by atoms with Gasteiger partial charge in [-0.1, -0.05) is 38.0 Å². The van der Waals surface area contributed by atoms with Crippen LogP contribution in [0.15, 0.2) is 24.3 Å². The largest absolute Gasteiger partial charge is 0.491 e. The van der Waals surface area contributed by atoms with Crippen LogP contribution in [0, 0.1) is 5.92 Å². The van der Waals surface area contributed by atoms with Crippen molar-refractivity contribution in [2.45, 2.75) is 45.3 Å². The SMILES string of the molecule is CC1CCCCC1OCCOc1ccccc1CN. The Morgan fingerprint density at radius 1 is 1.16 bits per heavy atom. The van der Waals surface area contributed by atoms with Crippen molar-refractivity contribution in [1.29, 1.82) is 0 Å². The fourth-order valence-corrected chi connectivity index (χ4v) is 2.69. The summed E-state index contributed by atoms with van der Waals surface area (Å²) in [7, 11) is 0. The lowest BCUT2D eigenvalue weighted by atomic mass is 9.88. The molecule has 1 saturated carbocycles. The molecule has 0 bridgehead atoms. The number of para-hydroxylation sites is 1. The molecule has 2 rings (SSSR count). The van der Waals surface area contributed by atoms with Crippen LogP contribution >= 0.6 is 0 Å². The molecule has 2 unspecified atom stereocenters. The highest BCUT2D eigenvalue weighted by molar-refractivity contribution is 5.32. The van der Waals surface area contributed by atoms with Gasteiger partial charge >= 0.3 is 0 Å². The van der Waals surface area contributed by atoms with Gasteiger partial charge in [-0.2, -0.15) is 0 Å². The summed E-state index contributed by atoms with van der Waals surface area (Å²) in [5.41, 5.74) is 6.73. The van der Waals surface area contributed by atoms with Crippen LogP contribution in [-0.2, 0) is 11.3 Å². The molecule has 2 atom stereocenters. The van der Waals surface area contributed by atoms with E-state index in [2.05, 4.69) is 6.92 Å². The molecule has 19 heavy (non-hydrogen) atoms. The zero-order valence-electron chi connectivity index (χ0n) is 11.8. The topological polar surface area (TPSA) is 44.5 Å². The summed E-state index contributed by atoms with van der Waals surface area (Å²) in [6.45, 7) is 4.05. The number of hydrogen-bond donors (Lipinski definition) is 1. The van der Waals surface area contributed by atoms with Crippen molar-refractivity contribution >= 4 is 0 Å². The van der Waals surface area contributed by atoms with Crippen LogP contribution in [0.5, 0.6) is 5.75 Å². The van der Waals surface area contributed by atoms with E-state index in [-0.39, 0.29) is 0 Å². The van der Waals surface area contributed by atoms with Crippen molar-refractivity contribution in [3.8, 4) is 5.75 Å². The highest BCUT2D eigenvalue weighted by Crippen LogP contribution is 2.26. The summed E-state index contributed by atoms with van der Waals surface area (Å²) in [6, 6.07) is 7.92. The molecule has 0 aromatic heterocycles. The van der Waals surface area contributed by atoms with E-state index in [4.69, 9.17) is 15.2 Å². The van der Waals surface area contributed by atoms with Crippen molar-refractivity contribution in [3.63, 3.8) is 0 Å². The van der Waals surface area contributed by atoms with Gasteiger partial charge in [-0.25, -0.2) is 0 Å². The second kappa shape index (κ2) is 7.51. The zero-order chi connectivity index (χ0) is 13.5. The first-order valence-electron chi connectivity index (χ1n) is 7.33. The summed E-state index contributed by atoms with van der Waals surface area (Å²) in [5, 5.41) is 0. The van der Waals surface area contributed by atoms with Crippen LogP contribution in [0.3, 0.4) is 0 Å². The Morgan fingerprint density at radius 3 is 2.74 bits per heavy atom. The molecule has 1 fully saturated rings. The van der Waals surface area contributed by atoms with E-state index in [9.17, 15) is 0 Å². The minimum atomic E-state index is 0.419. The van der Waals surface area contributed by atoms with E-state index in [1.807, 2.05) is 24.3 Å². The average Bonchev–Trinajstić information content (AvgIpc) is 2.45. The molecule has 106 valence electrons. The highest BCUT2D eigenvalue weighted by atomic mass is 16.5. The van der Waals surface area contributed by atoms with E-state index in [0.29, 0.717) is 31.8 Å². The third kappa shape index (κ3) is 4.22. The molecule has 1 aromatic rings.